The number of nitrogens with one attached hydrogen (secondary N) is 1. The molecule has 0 aliphatic carbocycles. The molecular weight excluding hydrogens is 350 g/mol. The highest BCUT2D eigenvalue weighted by molar-refractivity contribution is 6.02. The Kier molecular flexibility index (Phi) is 5.64. The maximum absolute atomic E-state index is 11.7. The minimum absolute atomic E-state index is 0.0614. The molecule has 0 fully saturated rings. The number of fused-ring (bicyclic) bond motifs is 1. The van der Waals surface area contributed by atoms with Crippen molar-refractivity contribution in [1.82, 2.24) is 5.32 Å². The van der Waals surface area contributed by atoms with Crippen LogP contribution in [0.25, 0.3) is 16.8 Å². The molecule has 0 radical (unpaired) electrons. The lowest BCUT2D eigenvalue weighted by Crippen LogP contribution is -2.29. The molecule has 7 heteroatoms. The van der Waals surface area contributed by atoms with Crippen LogP contribution in [0.15, 0.2) is 24.4 Å². The molecule has 2 rings (SSSR count). The summed E-state index contributed by atoms with van der Waals surface area (Å²) in [6, 6.07) is 4.74. The molecule has 0 heterocycles. The van der Waals surface area contributed by atoms with E-state index < -0.39 is 17.7 Å². The second-order valence-electron chi connectivity index (χ2n) is 6.99. The van der Waals surface area contributed by atoms with E-state index in [0.717, 1.165) is 0 Å². The minimum atomic E-state index is -0.651. The first-order valence-corrected chi connectivity index (χ1v) is 8.33. The summed E-state index contributed by atoms with van der Waals surface area (Å²) in [4.78, 5) is 23.0. The van der Waals surface area contributed by atoms with Crippen LogP contribution in [0, 0.1) is 6.92 Å². The molecule has 27 heavy (non-hydrogen) atoms. The number of phenolic OH excluding ortho intramolecular Hbond substituents is 2. The summed E-state index contributed by atoms with van der Waals surface area (Å²) < 4.78 is 10.3. The van der Waals surface area contributed by atoms with Crippen LogP contribution in [0.3, 0.4) is 0 Å². The zero-order chi connectivity index (χ0) is 20.4. The van der Waals surface area contributed by atoms with Crippen molar-refractivity contribution in [3.8, 4) is 17.2 Å². The number of carbonyl (C=O) groups excluding carboxylic acids is 2. The van der Waals surface area contributed by atoms with E-state index in [-0.39, 0.29) is 28.2 Å². The third kappa shape index (κ3) is 4.69. The van der Waals surface area contributed by atoms with E-state index in [1.165, 1.54) is 25.3 Å². The van der Waals surface area contributed by atoms with E-state index in [2.05, 4.69) is 5.32 Å². The van der Waals surface area contributed by atoms with Gasteiger partial charge in [0.25, 0.3) is 0 Å². The Hall–Kier alpha value is -3.22. The van der Waals surface area contributed by atoms with Crippen LogP contribution in [-0.2, 0) is 9.53 Å². The van der Waals surface area contributed by atoms with Gasteiger partial charge in [-0.25, -0.2) is 4.79 Å². The second-order valence-corrected chi connectivity index (χ2v) is 6.99. The zero-order valence-corrected chi connectivity index (χ0v) is 15.9. The van der Waals surface area contributed by atoms with Gasteiger partial charge in [-0.15, -0.1) is 0 Å². The molecule has 0 atom stereocenters. The number of rotatable bonds is 3. The maximum Gasteiger partial charge on any atom is 0.411 e. The number of ether oxygens (including phenoxy) is 2. The van der Waals surface area contributed by atoms with Crippen LogP contribution in [-0.4, -0.2) is 27.9 Å². The predicted octanol–water partition coefficient (Wildman–Crippen LogP) is 3.98. The molecule has 2 aromatic carbocycles. The number of aromatic hydroxyl groups is 2. The van der Waals surface area contributed by atoms with Gasteiger partial charge in [-0.1, -0.05) is 12.1 Å². The Labute approximate surface area is 157 Å². The lowest BCUT2D eigenvalue weighted by Gasteiger charge is -2.18. The van der Waals surface area contributed by atoms with E-state index in [1.54, 1.807) is 39.8 Å². The molecular formula is C20H23NO6. The van der Waals surface area contributed by atoms with Crippen molar-refractivity contribution in [2.75, 3.05) is 0 Å². The van der Waals surface area contributed by atoms with E-state index >= 15 is 0 Å². The molecule has 0 spiro atoms. The van der Waals surface area contributed by atoms with E-state index in [4.69, 9.17) is 9.47 Å². The smallest absolute Gasteiger partial charge is 0.411 e. The Morgan fingerprint density at radius 3 is 2.41 bits per heavy atom. The van der Waals surface area contributed by atoms with Crippen LogP contribution in [0.2, 0.25) is 0 Å². The first-order chi connectivity index (χ1) is 12.5. The largest absolute Gasteiger partial charge is 0.507 e. The van der Waals surface area contributed by atoms with Gasteiger partial charge in [0.05, 0.1) is 5.39 Å². The molecule has 7 nitrogen and oxygen atoms in total. The van der Waals surface area contributed by atoms with Gasteiger partial charge in [-0.3, -0.25) is 10.1 Å². The highest BCUT2D eigenvalue weighted by atomic mass is 16.6. The number of esters is 1. The van der Waals surface area contributed by atoms with Crippen molar-refractivity contribution < 1.29 is 29.3 Å². The molecule has 2 aromatic rings. The molecule has 0 saturated heterocycles. The number of amides is 1. The Morgan fingerprint density at radius 2 is 1.81 bits per heavy atom. The SMILES string of the molecule is CC(=O)Oc1cccc2c(O)c(C)c(C=CNC(=O)OC(C)(C)C)c(O)c12. The quantitative estimate of drug-likeness (QED) is 0.427. The zero-order valence-electron chi connectivity index (χ0n) is 15.9. The summed E-state index contributed by atoms with van der Waals surface area (Å²) >= 11 is 0. The van der Waals surface area contributed by atoms with Crippen molar-refractivity contribution >= 4 is 28.9 Å². The van der Waals surface area contributed by atoms with Gasteiger partial charge in [0, 0.05) is 29.6 Å². The number of alkyl carbamates (subject to hydrolysis) is 1. The van der Waals surface area contributed by atoms with Crippen LogP contribution in [0.1, 0.15) is 38.8 Å². The third-order valence-corrected chi connectivity index (χ3v) is 3.64. The van der Waals surface area contributed by atoms with Crippen molar-refractivity contribution in [1.29, 1.82) is 0 Å². The molecule has 0 unspecified atom stereocenters. The van der Waals surface area contributed by atoms with Crippen LogP contribution < -0.4 is 10.1 Å². The summed E-state index contributed by atoms with van der Waals surface area (Å²) in [6.45, 7) is 8.09. The van der Waals surface area contributed by atoms with Gasteiger partial charge in [-0.05, 0) is 39.8 Å². The molecule has 0 saturated carbocycles. The first kappa shape index (κ1) is 20.1. The van der Waals surface area contributed by atoms with Crippen LogP contribution in [0.5, 0.6) is 17.2 Å². The second kappa shape index (κ2) is 7.57. The van der Waals surface area contributed by atoms with E-state index in [1.807, 2.05) is 0 Å². The van der Waals surface area contributed by atoms with Gasteiger partial charge >= 0.3 is 12.1 Å². The standard InChI is InChI=1S/C20H23NO6/c1-11-13(9-10-21-19(25)27-20(3,4)5)18(24)16-14(17(11)23)7-6-8-15(16)26-12(2)22/h6-10,23-24H,1-5H3,(H,21,25). The average molecular weight is 373 g/mol. The highest BCUT2D eigenvalue weighted by Gasteiger charge is 2.19. The molecule has 0 aliphatic heterocycles. The Morgan fingerprint density at radius 1 is 1.15 bits per heavy atom. The van der Waals surface area contributed by atoms with Gasteiger partial charge in [0.2, 0.25) is 0 Å². The first-order valence-electron chi connectivity index (χ1n) is 8.33. The number of phenols is 2. The Bertz CT molecular complexity index is 924. The minimum Gasteiger partial charge on any atom is -0.507 e. The number of hydrogen-bond acceptors (Lipinski definition) is 6. The highest BCUT2D eigenvalue weighted by Crippen LogP contribution is 2.44. The van der Waals surface area contributed by atoms with E-state index in [0.29, 0.717) is 10.9 Å². The Balaban J connectivity index is 2.46. The fraction of sp³-hybridized carbons (Fsp3) is 0.300. The van der Waals surface area contributed by atoms with Crippen LogP contribution in [0.4, 0.5) is 4.79 Å². The fourth-order valence-electron chi connectivity index (χ4n) is 2.56. The summed E-state index contributed by atoms with van der Waals surface area (Å²) in [6.07, 6.45) is 2.08. The number of carbonyl (C=O) groups is 2. The molecule has 144 valence electrons. The van der Waals surface area contributed by atoms with Crippen LogP contribution >= 0.6 is 0 Å². The summed E-state index contributed by atoms with van der Waals surface area (Å²) in [5.41, 5.74) is 0.0359. The molecule has 0 aliphatic rings. The third-order valence-electron chi connectivity index (χ3n) is 3.64. The van der Waals surface area contributed by atoms with Crippen molar-refractivity contribution in [3.63, 3.8) is 0 Å². The lowest BCUT2D eigenvalue weighted by atomic mass is 9.98. The van der Waals surface area contributed by atoms with E-state index in [9.17, 15) is 19.8 Å². The number of benzene rings is 2. The maximum atomic E-state index is 11.7. The molecule has 0 bridgehead atoms. The van der Waals surface area contributed by atoms with Crippen molar-refractivity contribution in [2.45, 2.75) is 40.2 Å². The number of hydrogen-bond donors (Lipinski definition) is 3. The molecule has 1 amide bonds. The van der Waals surface area contributed by atoms with Gasteiger partial charge in [0.15, 0.2) is 0 Å². The van der Waals surface area contributed by atoms with Gasteiger partial charge in [0.1, 0.15) is 22.8 Å². The topological polar surface area (TPSA) is 105 Å². The molecule has 0 aromatic heterocycles. The van der Waals surface area contributed by atoms with Gasteiger partial charge < -0.3 is 19.7 Å². The van der Waals surface area contributed by atoms with Crippen molar-refractivity contribution in [3.05, 3.63) is 35.5 Å². The van der Waals surface area contributed by atoms with Gasteiger partial charge in [-0.2, -0.15) is 0 Å². The fourth-order valence-corrected chi connectivity index (χ4v) is 2.56. The average Bonchev–Trinajstić information content (AvgIpc) is 2.53. The van der Waals surface area contributed by atoms with Crippen molar-refractivity contribution in [2.24, 2.45) is 0 Å². The lowest BCUT2D eigenvalue weighted by molar-refractivity contribution is -0.131. The summed E-state index contributed by atoms with van der Waals surface area (Å²) in [5.74, 6) is -0.665. The monoisotopic (exact) mass is 373 g/mol. The predicted molar refractivity (Wildman–Crippen MR) is 102 cm³/mol. The molecule has 3 N–H and O–H groups in total. The summed E-state index contributed by atoms with van der Waals surface area (Å²) in [7, 11) is 0. The normalized spacial score (nSPS) is 11.6. The summed E-state index contributed by atoms with van der Waals surface area (Å²) in [5, 5.41) is 24.2.